The van der Waals surface area contributed by atoms with Gasteiger partial charge in [-0.15, -0.1) is 0 Å². The minimum Gasteiger partial charge on any atom is -0.408 e. The number of hydrogen-bond acceptors (Lipinski definition) is 5. The summed E-state index contributed by atoms with van der Waals surface area (Å²) in [5.41, 5.74) is 0. The molecule has 1 N–H and O–H groups in total. The fourth-order valence-corrected chi connectivity index (χ4v) is 4.93. The number of methoxy groups -OCH3 is 1. The fourth-order valence-electron chi connectivity index (χ4n) is 2.33. The maximum Gasteiger partial charge on any atom is 0.192 e. The molecular formula is C18H40O5Si2. The van der Waals surface area contributed by atoms with Crippen molar-refractivity contribution in [1.82, 2.24) is 0 Å². The fraction of sp³-hybridized carbons (Fsp3) is 1.00. The summed E-state index contributed by atoms with van der Waals surface area (Å²) in [6.45, 7) is 22.0. The van der Waals surface area contributed by atoms with Gasteiger partial charge in [-0.1, -0.05) is 41.5 Å². The highest BCUT2D eigenvalue weighted by molar-refractivity contribution is 6.74. The zero-order valence-electron chi connectivity index (χ0n) is 18.1. The van der Waals surface area contributed by atoms with E-state index in [2.05, 4.69) is 67.7 Å². The highest BCUT2D eigenvalue weighted by Gasteiger charge is 2.53. The SMILES string of the molecule is CO[C@H]1O[C@H](CO)[C@@H](O[Si](C)(C)C(C)(C)C)[C@@H]1O[Si](C)(C)C(C)(C)C. The molecule has 0 spiro atoms. The third-order valence-electron chi connectivity index (χ3n) is 6.15. The molecule has 1 fully saturated rings. The van der Waals surface area contributed by atoms with E-state index in [0.29, 0.717) is 0 Å². The molecule has 0 aliphatic carbocycles. The third kappa shape index (κ3) is 5.15. The van der Waals surface area contributed by atoms with Crippen molar-refractivity contribution < 1.29 is 23.4 Å². The van der Waals surface area contributed by atoms with Crippen LogP contribution < -0.4 is 0 Å². The Morgan fingerprint density at radius 3 is 1.56 bits per heavy atom. The zero-order valence-corrected chi connectivity index (χ0v) is 20.1. The lowest BCUT2D eigenvalue weighted by Gasteiger charge is -2.43. The van der Waals surface area contributed by atoms with Crippen molar-refractivity contribution in [2.45, 2.75) is 102 Å². The van der Waals surface area contributed by atoms with Gasteiger partial charge in [0.15, 0.2) is 22.9 Å². The Morgan fingerprint density at radius 2 is 1.24 bits per heavy atom. The maximum absolute atomic E-state index is 9.84. The zero-order chi connectivity index (χ0) is 19.8. The molecule has 1 rings (SSSR count). The molecule has 0 saturated carbocycles. The molecule has 1 saturated heterocycles. The van der Waals surface area contributed by atoms with Crippen LogP contribution in [0.25, 0.3) is 0 Å². The Morgan fingerprint density at radius 1 is 0.840 bits per heavy atom. The number of aliphatic hydroxyl groups is 1. The van der Waals surface area contributed by atoms with Crippen LogP contribution in [-0.2, 0) is 18.3 Å². The summed E-state index contributed by atoms with van der Waals surface area (Å²) in [7, 11) is -2.46. The van der Waals surface area contributed by atoms with Crippen LogP contribution in [0.5, 0.6) is 0 Å². The van der Waals surface area contributed by atoms with Crippen LogP contribution in [0.2, 0.25) is 36.3 Å². The third-order valence-corrected chi connectivity index (χ3v) is 15.1. The second-order valence-corrected chi connectivity index (χ2v) is 19.7. The lowest BCUT2D eigenvalue weighted by atomic mass is 10.1. The van der Waals surface area contributed by atoms with Gasteiger partial charge in [0.25, 0.3) is 0 Å². The Balaban J connectivity index is 3.15. The predicted molar refractivity (Wildman–Crippen MR) is 107 cm³/mol. The Hall–Kier alpha value is 0.234. The highest BCUT2D eigenvalue weighted by Crippen LogP contribution is 2.43. The van der Waals surface area contributed by atoms with Crippen LogP contribution >= 0.6 is 0 Å². The van der Waals surface area contributed by atoms with Gasteiger partial charge >= 0.3 is 0 Å². The second kappa shape index (κ2) is 7.69. The van der Waals surface area contributed by atoms with E-state index in [-0.39, 0.29) is 28.9 Å². The van der Waals surface area contributed by atoms with E-state index in [1.54, 1.807) is 7.11 Å². The predicted octanol–water partition coefficient (Wildman–Crippen LogP) is 4.13. The van der Waals surface area contributed by atoms with Crippen LogP contribution in [-0.4, -0.2) is 60.1 Å². The maximum atomic E-state index is 9.84. The first-order valence-electron chi connectivity index (χ1n) is 9.22. The van der Waals surface area contributed by atoms with Crippen molar-refractivity contribution >= 4 is 16.6 Å². The van der Waals surface area contributed by atoms with Crippen LogP contribution in [0.3, 0.4) is 0 Å². The molecule has 1 heterocycles. The van der Waals surface area contributed by atoms with Gasteiger partial charge in [0.1, 0.15) is 18.3 Å². The van der Waals surface area contributed by atoms with E-state index in [1.807, 2.05) is 0 Å². The van der Waals surface area contributed by atoms with E-state index < -0.39 is 29.0 Å². The van der Waals surface area contributed by atoms with Gasteiger partial charge in [0.2, 0.25) is 0 Å². The molecule has 7 heteroatoms. The van der Waals surface area contributed by atoms with E-state index in [9.17, 15) is 5.11 Å². The van der Waals surface area contributed by atoms with E-state index in [0.717, 1.165) is 0 Å². The van der Waals surface area contributed by atoms with Gasteiger partial charge in [-0.25, -0.2) is 0 Å². The quantitative estimate of drug-likeness (QED) is 0.689. The normalized spacial score (nSPS) is 29.3. The van der Waals surface area contributed by atoms with Crippen molar-refractivity contribution in [3.8, 4) is 0 Å². The second-order valence-electron chi connectivity index (χ2n) is 10.1. The first kappa shape index (κ1) is 23.3. The van der Waals surface area contributed by atoms with Crippen LogP contribution in [0, 0.1) is 0 Å². The molecular weight excluding hydrogens is 352 g/mol. The van der Waals surface area contributed by atoms with Crippen LogP contribution in [0.4, 0.5) is 0 Å². The Labute approximate surface area is 156 Å². The lowest BCUT2D eigenvalue weighted by molar-refractivity contribution is -0.150. The molecule has 0 bridgehead atoms. The van der Waals surface area contributed by atoms with Gasteiger partial charge in [0, 0.05) is 7.11 Å². The molecule has 25 heavy (non-hydrogen) atoms. The summed E-state index contributed by atoms with van der Waals surface area (Å²) in [6, 6.07) is 0. The molecule has 150 valence electrons. The topological polar surface area (TPSA) is 57.2 Å². The van der Waals surface area contributed by atoms with Crippen LogP contribution in [0.1, 0.15) is 41.5 Å². The van der Waals surface area contributed by atoms with E-state index in [4.69, 9.17) is 18.3 Å². The van der Waals surface area contributed by atoms with Crippen molar-refractivity contribution in [1.29, 1.82) is 0 Å². The van der Waals surface area contributed by atoms with Crippen molar-refractivity contribution in [3.05, 3.63) is 0 Å². The molecule has 0 aromatic carbocycles. The molecule has 1 aliphatic heterocycles. The molecule has 0 unspecified atom stereocenters. The largest absolute Gasteiger partial charge is 0.408 e. The van der Waals surface area contributed by atoms with Crippen LogP contribution in [0.15, 0.2) is 0 Å². The summed E-state index contributed by atoms with van der Waals surface area (Å²) in [5, 5.41) is 9.98. The average molecular weight is 393 g/mol. The summed E-state index contributed by atoms with van der Waals surface area (Å²) in [5.74, 6) is 0. The lowest BCUT2D eigenvalue weighted by Crippen LogP contribution is -2.54. The molecule has 0 amide bonds. The molecule has 5 nitrogen and oxygen atoms in total. The number of aliphatic hydroxyl groups excluding tert-OH is 1. The molecule has 0 radical (unpaired) electrons. The van der Waals surface area contributed by atoms with E-state index in [1.165, 1.54) is 0 Å². The first-order chi connectivity index (χ1) is 11.1. The number of ether oxygens (including phenoxy) is 2. The number of hydrogen-bond donors (Lipinski definition) is 1. The summed E-state index contributed by atoms with van der Waals surface area (Å²) < 4.78 is 24.8. The summed E-state index contributed by atoms with van der Waals surface area (Å²) in [6.07, 6.45) is -1.57. The minimum atomic E-state index is -2.04. The molecule has 1 aliphatic rings. The Bertz CT molecular complexity index is 400. The first-order valence-corrected chi connectivity index (χ1v) is 15.0. The monoisotopic (exact) mass is 392 g/mol. The Kier molecular flexibility index (Phi) is 7.16. The smallest absolute Gasteiger partial charge is 0.192 e. The van der Waals surface area contributed by atoms with Gasteiger partial charge < -0.3 is 23.4 Å². The van der Waals surface area contributed by atoms with Crippen molar-refractivity contribution in [3.63, 3.8) is 0 Å². The number of rotatable bonds is 6. The molecule has 4 atom stereocenters. The van der Waals surface area contributed by atoms with Crippen molar-refractivity contribution in [2.24, 2.45) is 0 Å². The van der Waals surface area contributed by atoms with Crippen molar-refractivity contribution in [2.75, 3.05) is 13.7 Å². The van der Waals surface area contributed by atoms with E-state index >= 15 is 0 Å². The summed E-state index contributed by atoms with van der Waals surface area (Å²) >= 11 is 0. The minimum absolute atomic E-state index is 0.0691. The van der Waals surface area contributed by atoms with Gasteiger partial charge in [0.05, 0.1) is 6.61 Å². The standard InChI is InChI=1S/C18H40O5Si2/c1-17(2,3)24(8,9)22-14-13(12-19)21-16(20-7)15(14)23-25(10,11)18(4,5)6/h13-16,19H,12H2,1-11H3/t13-,14-,15+,16+/m1/s1. The average Bonchev–Trinajstić information content (AvgIpc) is 2.72. The molecule has 0 aromatic heterocycles. The van der Waals surface area contributed by atoms with Gasteiger partial charge in [-0.05, 0) is 36.3 Å². The summed E-state index contributed by atoms with van der Waals surface area (Å²) in [4.78, 5) is 0. The molecule has 0 aromatic rings. The van der Waals surface area contributed by atoms with Gasteiger partial charge in [-0.3, -0.25) is 0 Å². The highest BCUT2D eigenvalue weighted by atomic mass is 28.4. The van der Waals surface area contributed by atoms with Gasteiger partial charge in [-0.2, -0.15) is 0 Å².